The van der Waals surface area contributed by atoms with Gasteiger partial charge in [0, 0.05) is 18.0 Å². The number of hydrogen-bond acceptors (Lipinski definition) is 6. The van der Waals surface area contributed by atoms with Gasteiger partial charge >= 0.3 is 0 Å². The zero-order valence-corrected chi connectivity index (χ0v) is 23.6. The van der Waals surface area contributed by atoms with Crippen molar-refractivity contribution in [2.75, 3.05) is 19.9 Å². The first-order valence-electron chi connectivity index (χ1n) is 12.3. The Morgan fingerprint density at radius 3 is 2.35 bits per heavy atom. The van der Waals surface area contributed by atoms with E-state index in [1.165, 1.54) is 4.31 Å². The first-order valence-corrected chi connectivity index (χ1v) is 14.6. The predicted octanol–water partition coefficient (Wildman–Crippen LogP) is 5.28. The Kier molecular flexibility index (Phi) is 8.26. The van der Waals surface area contributed by atoms with Crippen LogP contribution in [0.3, 0.4) is 0 Å². The summed E-state index contributed by atoms with van der Waals surface area (Å²) in [6, 6.07) is 13.3. The summed E-state index contributed by atoms with van der Waals surface area (Å²) >= 11 is 1.57. The summed E-state index contributed by atoms with van der Waals surface area (Å²) in [7, 11) is -3.89. The van der Waals surface area contributed by atoms with Gasteiger partial charge in [-0.05, 0) is 67.0 Å². The van der Waals surface area contributed by atoms with Crippen molar-refractivity contribution in [3.63, 3.8) is 0 Å². The Labute approximate surface area is 223 Å². The fraction of sp³-hybridized carbons (Fsp3) is 0.393. The minimum atomic E-state index is -3.89. The van der Waals surface area contributed by atoms with Gasteiger partial charge < -0.3 is 14.4 Å². The second-order valence-corrected chi connectivity index (χ2v) is 12.8. The second-order valence-electron chi connectivity index (χ2n) is 9.94. The summed E-state index contributed by atoms with van der Waals surface area (Å²) in [6.45, 7) is 10.4. The summed E-state index contributed by atoms with van der Waals surface area (Å²) in [6.07, 6.45) is 0. The molecule has 3 aromatic rings. The van der Waals surface area contributed by atoms with Gasteiger partial charge in [0.2, 0.25) is 22.7 Å². The van der Waals surface area contributed by atoms with E-state index in [-0.39, 0.29) is 36.6 Å². The van der Waals surface area contributed by atoms with Gasteiger partial charge in [0.1, 0.15) is 0 Å². The van der Waals surface area contributed by atoms with E-state index in [9.17, 15) is 13.2 Å². The van der Waals surface area contributed by atoms with Gasteiger partial charge in [0.25, 0.3) is 0 Å². The number of hydrogen-bond donors (Lipinski definition) is 0. The van der Waals surface area contributed by atoms with Crippen LogP contribution in [0.2, 0.25) is 0 Å². The fourth-order valence-electron chi connectivity index (χ4n) is 4.69. The van der Waals surface area contributed by atoms with Crippen LogP contribution in [0.5, 0.6) is 11.5 Å². The van der Waals surface area contributed by atoms with Crippen molar-refractivity contribution >= 4 is 27.3 Å². The molecule has 2 heterocycles. The van der Waals surface area contributed by atoms with E-state index in [1.54, 1.807) is 16.2 Å². The smallest absolute Gasteiger partial charge is 0.244 e. The highest BCUT2D eigenvalue weighted by molar-refractivity contribution is 7.89. The molecular formula is C28H34N2O5S2. The zero-order chi connectivity index (χ0) is 26.7. The minimum Gasteiger partial charge on any atom is -0.454 e. The van der Waals surface area contributed by atoms with Crippen LogP contribution in [0, 0.1) is 26.7 Å². The van der Waals surface area contributed by atoms with Crippen LogP contribution in [0.15, 0.2) is 52.7 Å². The number of rotatable bonds is 10. The second kappa shape index (κ2) is 11.2. The van der Waals surface area contributed by atoms with E-state index >= 15 is 0 Å². The Hall–Kier alpha value is -2.88. The standard InChI is InChI=1S/C28H34N2O5S2/c1-19(2)14-30(37(32,33)28-21(4)11-20(3)12-22(28)5)17-27(31)29(16-24-7-6-10-36-24)15-23-8-9-25-26(13-23)35-18-34-25/h6-13,19H,14-18H2,1-5H3. The average Bonchev–Trinajstić information content (AvgIpc) is 3.48. The highest BCUT2D eigenvalue weighted by Crippen LogP contribution is 2.33. The molecule has 198 valence electrons. The summed E-state index contributed by atoms with van der Waals surface area (Å²) in [5, 5.41) is 1.97. The molecule has 7 nitrogen and oxygen atoms in total. The van der Waals surface area contributed by atoms with Gasteiger partial charge in [-0.3, -0.25) is 4.79 Å². The number of amides is 1. The van der Waals surface area contributed by atoms with Crippen molar-refractivity contribution in [1.82, 2.24) is 9.21 Å². The van der Waals surface area contributed by atoms with Crippen LogP contribution in [0.1, 0.15) is 41.0 Å². The minimum absolute atomic E-state index is 0.0493. The molecule has 0 aliphatic carbocycles. The molecule has 0 saturated carbocycles. The molecule has 1 aromatic heterocycles. The van der Waals surface area contributed by atoms with Crippen LogP contribution < -0.4 is 9.47 Å². The van der Waals surface area contributed by atoms with Gasteiger partial charge in [0.05, 0.1) is 18.0 Å². The van der Waals surface area contributed by atoms with Gasteiger partial charge in [0.15, 0.2) is 11.5 Å². The fourth-order valence-corrected chi connectivity index (χ4v) is 7.38. The molecule has 0 N–H and O–H groups in total. The molecule has 2 aromatic carbocycles. The number of ether oxygens (including phenoxy) is 2. The molecule has 9 heteroatoms. The summed E-state index contributed by atoms with van der Waals surface area (Å²) in [5.74, 6) is 1.12. The summed E-state index contributed by atoms with van der Waals surface area (Å²) in [4.78, 5) is 16.8. The first-order chi connectivity index (χ1) is 17.5. The van der Waals surface area contributed by atoms with Crippen LogP contribution in [0.25, 0.3) is 0 Å². The third-order valence-electron chi connectivity index (χ3n) is 6.17. The van der Waals surface area contributed by atoms with E-state index in [4.69, 9.17) is 9.47 Å². The topological polar surface area (TPSA) is 76.2 Å². The molecule has 1 aliphatic rings. The molecule has 1 amide bonds. The van der Waals surface area contributed by atoms with Crippen molar-refractivity contribution in [2.45, 2.75) is 52.6 Å². The SMILES string of the molecule is Cc1cc(C)c(S(=O)(=O)N(CC(=O)N(Cc2ccc3c(c2)OCO3)Cc2cccs2)CC(C)C)c(C)c1. The number of sulfonamides is 1. The molecule has 0 fully saturated rings. The maximum atomic E-state index is 13.9. The van der Waals surface area contributed by atoms with E-state index in [2.05, 4.69) is 0 Å². The van der Waals surface area contributed by atoms with Crippen molar-refractivity contribution in [2.24, 2.45) is 5.92 Å². The Bertz CT molecular complexity index is 1340. The lowest BCUT2D eigenvalue weighted by Crippen LogP contribution is -2.44. The highest BCUT2D eigenvalue weighted by atomic mass is 32.2. The van der Waals surface area contributed by atoms with Crippen LogP contribution in [0.4, 0.5) is 0 Å². The lowest BCUT2D eigenvalue weighted by Gasteiger charge is -2.29. The Morgan fingerprint density at radius 1 is 1.00 bits per heavy atom. The van der Waals surface area contributed by atoms with E-state index in [0.717, 1.165) is 16.0 Å². The van der Waals surface area contributed by atoms with E-state index in [0.29, 0.717) is 35.7 Å². The number of thiophene rings is 1. The maximum absolute atomic E-state index is 13.9. The number of carbonyl (C=O) groups excluding carboxylic acids is 1. The Morgan fingerprint density at radius 2 is 1.70 bits per heavy atom. The molecular weight excluding hydrogens is 508 g/mol. The van der Waals surface area contributed by atoms with E-state index in [1.807, 2.05) is 82.5 Å². The third-order valence-corrected chi connectivity index (χ3v) is 9.15. The molecule has 0 bridgehead atoms. The number of carbonyl (C=O) groups is 1. The molecule has 0 radical (unpaired) electrons. The predicted molar refractivity (Wildman–Crippen MR) is 145 cm³/mol. The number of benzene rings is 2. The lowest BCUT2D eigenvalue weighted by molar-refractivity contribution is -0.132. The quantitative estimate of drug-likeness (QED) is 0.349. The molecule has 0 unspecified atom stereocenters. The average molecular weight is 543 g/mol. The van der Waals surface area contributed by atoms with Gasteiger partial charge in [-0.25, -0.2) is 8.42 Å². The van der Waals surface area contributed by atoms with E-state index < -0.39 is 10.0 Å². The largest absolute Gasteiger partial charge is 0.454 e. The molecule has 4 rings (SSSR count). The number of fused-ring (bicyclic) bond motifs is 1. The molecule has 0 saturated heterocycles. The summed E-state index contributed by atoms with van der Waals surface area (Å²) < 4.78 is 40.1. The summed E-state index contributed by atoms with van der Waals surface area (Å²) in [5.41, 5.74) is 3.27. The van der Waals surface area contributed by atoms with Crippen molar-refractivity contribution < 1.29 is 22.7 Å². The van der Waals surface area contributed by atoms with Crippen molar-refractivity contribution in [3.8, 4) is 11.5 Å². The third kappa shape index (κ3) is 6.34. The molecule has 37 heavy (non-hydrogen) atoms. The monoisotopic (exact) mass is 542 g/mol. The van der Waals surface area contributed by atoms with Crippen molar-refractivity contribution in [1.29, 1.82) is 0 Å². The van der Waals surface area contributed by atoms with Crippen LogP contribution in [-0.2, 0) is 27.9 Å². The maximum Gasteiger partial charge on any atom is 0.244 e. The van der Waals surface area contributed by atoms with Gasteiger partial charge in [-0.1, -0.05) is 43.7 Å². The lowest BCUT2D eigenvalue weighted by atomic mass is 10.1. The number of nitrogens with zero attached hydrogens (tertiary/aromatic N) is 2. The van der Waals surface area contributed by atoms with Crippen LogP contribution >= 0.6 is 11.3 Å². The zero-order valence-electron chi connectivity index (χ0n) is 22.0. The first kappa shape index (κ1) is 27.2. The molecule has 0 atom stereocenters. The van der Waals surface area contributed by atoms with Gasteiger partial charge in [-0.15, -0.1) is 11.3 Å². The van der Waals surface area contributed by atoms with Crippen molar-refractivity contribution in [3.05, 3.63) is 75.0 Å². The molecule has 1 aliphatic heterocycles. The van der Waals surface area contributed by atoms with Crippen LogP contribution in [-0.4, -0.2) is 43.4 Å². The Balaban J connectivity index is 1.63. The number of aryl methyl sites for hydroxylation is 3. The normalized spacial score (nSPS) is 12.9. The highest BCUT2D eigenvalue weighted by Gasteiger charge is 2.32. The molecule has 0 spiro atoms. The van der Waals surface area contributed by atoms with Gasteiger partial charge in [-0.2, -0.15) is 4.31 Å².